The molecule has 8 nitrogen and oxygen atoms in total. The number of carbonyl (C=O) groups is 3. The van der Waals surface area contributed by atoms with Gasteiger partial charge in [0, 0.05) is 51.3 Å². The maximum absolute atomic E-state index is 12.9. The van der Waals surface area contributed by atoms with Crippen LogP contribution in [0.15, 0.2) is 48.5 Å². The molecule has 0 N–H and O–H groups in total. The second-order valence-corrected chi connectivity index (χ2v) is 8.60. The Morgan fingerprint density at radius 1 is 0.879 bits per heavy atom. The number of ether oxygens (including phenoxy) is 2. The van der Waals surface area contributed by atoms with Crippen LogP contribution >= 0.6 is 0 Å². The van der Waals surface area contributed by atoms with Crippen molar-refractivity contribution < 1.29 is 23.9 Å². The predicted molar refractivity (Wildman–Crippen MR) is 120 cm³/mol. The third-order valence-electron chi connectivity index (χ3n) is 6.41. The molecule has 172 valence electrons. The molecule has 0 aliphatic carbocycles. The molecule has 0 saturated carbocycles. The molecule has 2 fully saturated rings. The zero-order chi connectivity index (χ0) is 22.8. The predicted octanol–water partition coefficient (Wildman–Crippen LogP) is 1.93. The molecule has 2 saturated heterocycles. The zero-order valence-corrected chi connectivity index (χ0v) is 18.4. The number of hydrogen-bond acceptors (Lipinski definition) is 5. The smallest absolute Gasteiger partial charge is 0.267 e. The van der Waals surface area contributed by atoms with Crippen molar-refractivity contribution >= 4 is 17.7 Å². The average Bonchev–Trinajstić information content (AvgIpc) is 3.27. The standard InChI is InChI=1S/C25H27N3O5/c29-23-6-3-11-28(23)16-18-7-9-19(10-8-18)24(30)26-12-14-27(15-13-26)25(31)22-17-32-20-4-1-2-5-21(20)33-22/h1-2,4-5,7-10,22H,3,6,11-17H2. The Balaban J connectivity index is 1.13. The van der Waals surface area contributed by atoms with Crippen LogP contribution < -0.4 is 9.47 Å². The van der Waals surface area contributed by atoms with E-state index in [1.807, 2.05) is 47.4 Å². The Morgan fingerprint density at radius 2 is 1.58 bits per heavy atom. The summed E-state index contributed by atoms with van der Waals surface area (Å²) in [5, 5.41) is 0. The number of carbonyl (C=O) groups excluding carboxylic acids is 3. The lowest BCUT2D eigenvalue weighted by molar-refractivity contribution is -0.142. The van der Waals surface area contributed by atoms with E-state index in [9.17, 15) is 14.4 Å². The molecule has 33 heavy (non-hydrogen) atoms. The van der Waals surface area contributed by atoms with Crippen molar-refractivity contribution in [3.63, 3.8) is 0 Å². The first kappa shape index (κ1) is 21.3. The number of hydrogen-bond donors (Lipinski definition) is 0. The summed E-state index contributed by atoms with van der Waals surface area (Å²) < 4.78 is 11.5. The molecule has 8 heteroatoms. The lowest BCUT2D eigenvalue weighted by Gasteiger charge is -2.37. The molecule has 3 heterocycles. The lowest BCUT2D eigenvalue weighted by atomic mass is 10.1. The van der Waals surface area contributed by atoms with Crippen molar-refractivity contribution in [2.45, 2.75) is 25.5 Å². The van der Waals surface area contributed by atoms with Gasteiger partial charge in [-0.3, -0.25) is 14.4 Å². The van der Waals surface area contributed by atoms with Crippen LogP contribution in [0.2, 0.25) is 0 Å². The normalized spacial score (nSPS) is 20.2. The third kappa shape index (κ3) is 4.51. The molecule has 1 atom stereocenters. The molecule has 0 spiro atoms. The van der Waals surface area contributed by atoms with E-state index in [0.717, 1.165) is 18.5 Å². The molecular formula is C25H27N3O5. The SMILES string of the molecule is O=C1CCCN1Cc1ccc(C(=O)N2CCN(C(=O)C3COc4ccccc4O3)CC2)cc1. The quantitative estimate of drug-likeness (QED) is 0.713. The van der Waals surface area contributed by atoms with Crippen molar-refractivity contribution in [1.82, 2.24) is 14.7 Å². The van der Waals surface area contributed by atoms with Crippen LogP contribution in [0, 0.1) is 0 Å². The third-order valence-corrected chi connectivity index (χ3v) is 6.41. The van der Waals surface area contributed by atoms with E-state index >= 15 is 0 Å². The Bertz CT molecular complexity index is 1050. The summed E-state index contributed by atoms with van der Waals surface area (Å²) in [6.45, 7) is 3.43. The van der Waals surface area contributed by atoms with E-state index in [4.69, 9.17) is 9.47 Å². The first-order valence-electron chi connectivity index (χ1n) is 11.4. The van der Waals surface area contributed by atoms with E-state index in [0.29, 0.717) is 56.2 Å². The van der Waals surface area contributed by atoms with E-state index in [-0.39, 0.29) is 24.3 Å². The fourth-order valence-corrected chi connectivity index (χ4v) is 4.50. The van der Waals surface area contributed by atoms with Crippen LogP contribution in [-0.2, 0) is 16.1 Å². The number of amides is 3. The van der Waals surface area contributed by atoms with E-state index < -0.39 is 6.10 Å². The summed E-state index contributed by atoms with van der Waals surface area (Å²) >= 11 is 0. The van der Waals surface area contributed by atoms with Gasteiger partial charge in [0.1, 0.15) is 6.61 Å². The number of benzene rings is 2. The Hall–Kier alpha value is -3.55. The number of likely N-dealkylation sites (tertiary alicyclic amines) is 1. The highest BCUT2D eigenvalue weighted by Crippen LogP contribution is 2.31. The van der Waals surface area contributed by atoms with Gasteiger partial charge in [-0.15, -0.1) is 0 Å². The lowest BCUT2D eigenvalue weighted by Crippen LogP contribution is -2.55. The molecule has 1 unspecified atom stereocenters. The highest BCUT2D eigenvalue weighted by atomic mass is 16.6. The van der Waals surface area contributed by atoms with Gasteiger partial charge in [0.25, 0.3) is 11.8 Å². The number of nitrogens with zero attached hydrogens (tertiary/aromatic N) is 3. The Kier molecular flexibility index (Phi) is 5.90. The first-order valence-corrected chi connectivity index (χ1v) is 11.4. The fourth-order valence-electron chi connectivity index (χ4n) is 4.50. The monoisotopic (exact) mass is 449 g/mol. The molecule has 0 radical (unpaired) electrons. The number of piperazine rings is 1. The van der Waals surface area contributed by atoms with Gasteiger partial charge >= 0.3 is 0 Å². The van der Waals surface area contributed by atoms with Crippen molar-refractivity contribution in [2.24, 2.45) is 0 Å². The summed E-state index contributed by atoms with van der Waals surface area (Å²) in [7, 11) is 0. The summed E-state index contributed by atoms with van der Waals surface area (Å²) in [6, 6.07) is 14.8. The molecule has 0 aromatic heterocycles. The van der Waals surface area contributed by atoms with E-state index in [2.05, 4.69) is 0 Å². The zero-order valence-electron chi connectivity index (χ0n) is 18.4. The average molecular weight is 450 g/mol. The highest BCUT2D eigenvalue weighted by molar-refractivity contribution is 5.94. The Labute approximate surface area is 192 Å². The summed E-state index contributed by atoms with van der Waals surface area (Å²) in [6.07, 6.45) is 0.868. The van der Waals surface area contributed by atoms with Crippen LogP contribution in [0.4, 0.5) is 0 Å². The second kappa shape index (κ2) is 9.13. The molecule has 2 aromatic rings. The van der Waals surface area contributed by atoms with Gasteiger partial charge in [-0.1, -0.05) is 24.3 Å². The topological polar surface area (TPSA) is 79.4 Å². The number of para-hydroxylation sites is 2. The van der Waals surface area contributed by atoms with Gasteiger partial charge in [-0.2, -0.15) is 0 Å². The van der Waals surface area contributed by atoms with E-state index in [1.54, 1.807) is 15.9 Å². The van der Waals surface area contributed by atoms with Crippen LogP contribution in [0.3, 0.4) is 0 Å². The summed E-state index contributed by atoms with van der Waals surface area (Å²) in [5.41, 5.74) is 1.64. The van der Waals surface area contributed by atoms with Crippen molar-refractivity contribution in [2.75, 3.05) is 39.3 Å². The fraction of sp³-hybridized carbons (Fsp3) is 0.400. The summed E-state index contributed by atoms with van der Waals surface area (Å²) in [5.74, 6) is 1.26. The van der Waals surface area contributed by atoms with Crippen molar-refractivity contribution in [1.29, 1.82) is 0 Å². The number of rotatable bonds is 4. The van der Waals surface area contributed by atoms with Crippen LogP contribution in [0.1, 0.15) is 28.8 Å². The minimum Gasteiger partial charge on any atom is -0.485 e. The molecule has 3 aliphatic heterocycles. The van der Waals surface area contributed by atoms with Crippen LogP contribution in [0.25, 0.3) is 0 Å². The highest BCUT2D eigenvalue weighted by Gasteiger charge is 2.33. The van der Waals surface area contributed by atoms with Gasteiger partial charge < -0.3 is 24.2 Å². The van der Waals surface area contributed by atoms with Crippen LogP contribution in [0.5, 0.6) is 11.5 Å². The molecule has 0 bridgehead atoms. The van der Waals surface area contributed by atoms with E-state index in [1.165, 1.54) is 0 Å². The molecule has 3 aliphatic rings. The van der Waals surface area contributed by atoms with Crippen LogP contribution in [-0.4, -0.2) is 77.9 Å². The maximum atomic E-state index is 12.9. The molecule has 5 rings (SSSR count). The first-order chi connectivity index (χ1) is 16.1. The van der Waals surface area contributed by atoms with Crippen molar-refractivity contribution in [3.8, 4) is 11.5 Å². The molecule has 3 amide bonds. The minimum atomic E-state index is -0.669. The Morgan fingerprint density at radius 3 is 2.27 bits per heavy atom. The second-order valence-electron chi connectivity index (χ2n) is 8.60. The van der Waals surface area contributed by atoms with Crippen molar-refractivity contribution in [3.05, 3.63) is 59.7 Å². The number of fused-ring (bicyclic) bond motifs is 1. The van der Waals surface area contributed by atoms with Gasteiger partial charge in [-0.05, 0) is 36.2 Å². The van der Waals surface area contributed by atoms with Gasteiger partial charge in [0.05, 0.1) is 0 Å². The van der Waals surface area contributed by atoms with Gasteiger partial charge in [0.2, 0.25) is 12.0 Å². The summed E-state index contributed by atoms with van der Waals surface area (Å²) in [4.78, 5) is 43.0. The molecular weight excluding hydrogens is 422 g/mol. The maximum Gasteiger partial charge on any atom is 0.267 e. The van der Waals surface area contributed by atoms with Gasteiger partial charge in [0.15, 0.2) is 11.5 Å². The van der Waals surface area contributed by atoms with Gasteiger partial charge in [-0.25, -0.2) is 0 Å². The minimum absolute atomic E-state index is 0.0444. The molecule has 2 aromatic carbocycles. The largest absolute Gasteiger partial charge is 0.485 e.